The van der Waals surface area contributed by atoms with Gasteiger partial charge in [-0.15, -0.1) is 11.3 Å². The predicted octanol–water partition coefficient (Wildman–Crippen LogP) is 2.59. The van der Waals surface area contributed by atoms with Gasteiger partial charge < -0.3 is 5.73 Å². The number of thiophene rings is 1. The number of rotatable bonds is 4. The topological polar surface area (TPSA) is 29.3 Å². The Morgan fingerprint density at radius 3 is 2.75 bits per heavy atom. The van der Waals surface area contributed by atoms with Gasteiger partial charge in [-0.25, -0.2) is 0 Å². The quantitative estimate of drug-likeness (QED) is 0.870. The highest BCUT2D eigenvalue weighted by atomic mass is 32.1. The van der Waals surface area contributed by atoms with Gasteiger partial charge in [-0.3, -0.25) is 4.90 Å². The van der Waals surface area contributed by atoms with Crippen LogP contribution in [-0.4, -0.2) is 23.0 Å². The van der Waals surface area contributed by atoms with E-state index in [-0.39, 0.29) is 0 Å². The zero-order valence-electron chi connectivity index (χ0n) is 9.64. The maximum atomic E-state index is 6.24. The van der Waals surface area contributed by atoms with E-state index < -0.39 is 0 Å². The SMILES string of the molecule is NC1CCCC1N(Cc1cccs1)C1CC1. The van der Waals surface area contributed by atoms with E-state index in [1.165, 1.54) is 37.0 Å². The zero-order chi connectivity index (χ0) is 11.0. The second-order valence-electron chi connectivity index (χ2n) is 5.14. The minimum atomic E-state index is 0.417. The van der Waals surface area contributed by atoms with Crippen molar-refractivity contribution < 1.29 is 0 Å². The molecule has 88 valence electrons. The summed E-state index contributed by atoms with van der Waals surface area (Å²) >= 11 is 1.87. The average Bonchev–Trinajstić information content (AvgIpc) is 2.82. The van der Waals surface area contributed by atoms with Crippen molar-refractivity contribution in [1.29, 1.82) is 0 Å². The molecule has 2 nitrogen and oxygen atoms in total. The van der Waals surface area contributed by atoms with Crippen LogP contribution >= 0.6 is 11.3 Å². The van der Waals surface area contributed by atoms with Gasteiger partial charge in [-0.1, -0.05) is 12.5 Å². The standard InChI is InChI=1S/C13H20N2S/c14-12-4-1-5-13(12)15(10-6-7-10)9-11-3-2-8-16-11/h2-3,8,10,12-13H,1,4-7,9,14H2. The molecule has 0 radical (unpaired) electrons. The monoisotopic (exact) mass is 236 g/mol. The summed E-state index contributed by atoms with van der Waals surface area (Å²) in [4.78, 5) is 4.18. The van der Waals surface area contributed by atoms with Gasteiger partial charge >= 0.3 is 0 Å². The molecule has 1 aromatic heterocycles. The number of nitrogens with zero attached hydrogens (tertiary/aromatic N) is 1. The van der Waals surface area contributed by atoms with E-state index >= 15 is 0 Å². The lowest BCUT2D eigenvalue weighted by Crippen LogP contribution is -2.45. The van der Waals surface area contributed by atoms with Crippen molar-refractivity contribution in [1.82, 2.24) is 4.90 Å². The second kappa shape index (κ2) is 4.47. The zero-order valence-corrected chi connectivity index (χ0v) is 10.5. The van der Waals surface area contributed by atoms with E-state index in [1.807, 2.05) is 11.3 Å². The minimum absolute atomic E-state index is 0.417. The first-order chi connectivity index (χ1) is 7.84. The summed E-state index contributed by atoms with van der Waals surface area (Å²) < 4.78 is 0. The van der Waals surface area contributed by atoms with Crippen LogP contribution < -0.4 is 5.73 Å². The molecule has 0 aromatic carbocycles. The summed E-state index contributed by atoms with van der Waals surface area (Å²) in [6.45, 7) is 1.13. The fraction of sp³-hybridized carbons (Fsp3) is 0.692. The third-order valence-corrected chi connectivity index (χ3v) is 4.75. The van der Waals surface area contributed by atoms with E-state index in [2.05, 4.69) is 22.4 Å². The van der Waals surface area contributed by atoms with Gasteiger partial charge in [-0.05, 0) is 37.1 Å². The Hall–Kier alpha value is -0.380. The van der Waals surface area contributed by atoms with E-state index in [0.29, 0.717) is 12.1 Å². The third-order valence-electron chi connectivity index (χ3n) is 3.89. The Balaban J connectivity index is 1.71. The summed E-state index contributed by atoms with van der Waals surface area (Å²) in [5, 5.41) is 2.18. The molecular weight excluding hydrogens is 216 g/mol. The lowest BCUT2D eigenvalue weighted by Gasteiger charge is -2.31. The van der Waals surface area contributed by atoms with Gasteiger partial charge in [0, 0.05) is 29.5 Å². The molecule has 0 amide bonds. The smallest absolute Gasteiger partial charge is 0.0334 e. The first-order valence-corrected chi connectivity index (χ1v) is 7.26. The normalized spacial score (nSPS) is 30.1. The van der Waals surface area contributed by atoms with Gasteiger partial charge in [0.25, 0.3) is 0 Å². The molecule has 0 aliphatic heterocycles. The lowest BCUT2D eigenvalue weighted by atomic mass is 10.1. The average molecular weight is 236 g/mol. The van der Waals surface area contributed by atoms with Crippen LogP contribution in [0, 0.1) is 0 Å². The van der Waals surface area contributed by atoms with Crippen LogP contribution in [0.3, 0.4) is 0 Å². The van der Waals surface area contributed by atoms with Crippen LogP contribution in [0.5, 0.6) is 0 Å². The van der Waals surface area contributed by atoms with Gasteiger partial charge in [-0.2, -0.15) is 0 Å². The Bertz CT molecular complexity index is 332. The summed E-state index contributed by atoms with van der Waals surface area (Å²) in [6, 6.07) is 6.30. The van der Waals surface area contributed by atoms with Gasteiger partial charge in [0.15, 0.2) is 0 Å². The molecule has 2 unspecified atom stereocenters. The van der Waals surface area contributed by atoms with Crippen molar-refractivity contribution in [2.24, 2.45) is 5.73 Å². The molecule has 2 fully saturated rings. The first-order valence-electron chi connectivity index (χ1n) is 6.38. The van der Waals surface area contributed by atoms with E-state index in [0.717, 1.165) is 12.6 Å². The molecule has 1 aromatic rings. The summed E-state index contributed by atoms with van der Waals surface area (Å²) in [6.07, 6.45) is 6.62. The number of nitrogens with two attached hydrogens (primary N) is 1. The highest BCUT2D eigenvalue weighted by Gasteiger charge is 2.38. The van der Waals surface area contributed by atoms with Gasteiger partial charge in [0.05, 0.1) is 0 Å². The number of hydrogen-bond acceptors (Lipinski definition) is 3. The molecule has 2 aliphatic carbocycles. The molecule has 2 atom stereocenters. The molecule has 2 saturated carbocycles. The van der Waals surface area contributed by atoms with Gasteiger partial charge in [0.2, 0.25) is 0 Å². The third kappa shape index (κ3) is 2.17. The van der Waals surface area contributed by atoms with Crippen molar-refractivity contribution in [3.63, 3.8) is 0 Å². The van der Waals surface area contributed by atoms with Crippen molar-refractivity contribution in [3.05, 3.63) is 22.4 Å². The van der Waals surface area contributed by atoms with Crippen LogP contribution in [0.2, 0.25) is 0 Å². The molecule has 1 heterocycles. The first kappa shape index (κ1) is 10.8. The van der Waals surface area contributed by atoms with E-state index in [9.17, 15) is 0 Å². The largest absolute Gasteiger partial charge is 0.326 e. The lowest BCUT2D eigenvalue weighted by molar-refractivity contribution is 0.168. The Morgan fingerprint density at radius 2 is 2.19 bits per heavy atom. The number of hydrogen-bond donors (Lipinski definition) is 1. The maximum absolute atomic E-state index is 6.24. The molecular formula is C13H20N2S. The predicted molar refractivity (Wildman–Crippen MR) is 68.5 cm³/mol. The van der Waals surface area contributed by atoms with Crippen LogP contribution in [0.25, 0.3) is 0 Å². The highest BCUT2D eigenvalue weighted by molar-refractivity contribution is 7.09. The molecule has 0 saturated heterocycles. The van der Waals surface area contributed by atoms with Crippen LogP contribution in [-0.2, 0) is 6.54 Å². The minimum Gasteiger partial charge on any atom is -0.326 e. The van der Waals surface area contributed by atoms with Crippen LogP contribution in [0.1, 0.15) is 37.0 Å². The molecule has 0 bridgehead atoms. The van der Waals surface area contributed by atoms with E-state index in [1.54, 1.807) is 0 Å². The van der Waals surface area contributed by atoms with E-state index in [4.69, 9.17) is 5.73 Å². The summed E-state index contributed by atoms with van der Waals surface area (Å²) in [7, 11) is 0. The summed E-state index contributed by atoms with van der Waals surface area (Å²) in [5.74, 6) is 0. The maximum Gasteiger partial charge on any atom is 0.0334 e. The fourth-order valence-electron chi connectivity index (χ4n) is 2.89. The van der Waals surface area contributed by atoms with Crippen LogP contribution in [0.4, 0.5) is 0 Å². The summed E-state index contributed by atoms with van der Waals surface area (Å²) in [5.41, 5.74) is 6.24. The molecule has 3 rings (SSSR count). The Kier molecular flexibility index (Phi) is 3.01. The van der Waals surface area contributed by atoms with Crippen molar-refractivity contribution in [3.8, 4) is 0 Å². The fourth-order valence-corrected chi connectivity index (χ4v) is 3.60. The molecule has 2 aliphatic rings. The molecule has 2 N–H and O–H groups in total. The Morgan fingerprint density at radius 1 is 1.31 bits per heavy atom. The molecule has 16 heavy (non-hydrogen) atoms. The van der Waals surface area contributed by atoms with Crippen LogP contribution in [0.15, 0.2) is 17.5 Å². The second-order valence-corrected chi connectivity index (χ2v) is 6.18. The molecule has 0 spiro atoms. The highest BCUT2D eigenvalue weighted by Crippen LogP contribution is 2.35. The van der Waals surface area contributed by atoms with Gasteiger partial charge in [0.1, 0.15) is 0 Å². The van der Waals surface area contributed by atoms with Crippen molar-refractivity contribution in [2.45, 2.75) is 56.8 Å². The molecule has 3 heteroatoms. The van der Waals surface area contributed by atoms with Crippen molar-refractivity contribution >= 4 is 11.3 Å². The van der Waals surface area contributed by atoms with Crippen molar-refractivity contribution in [2.75, 3.05) is 0 Å². The Labute approximate surface area is 101 Å².